The Hall–Kier alpha value is -3.62. The first kappa shape index (κ1) is 16.2. The van der Waals surface area contributed by atoms with Gasteiger partial charge in [0, 0.05) is 11.6 Å². The second kappa shape index (κ2) is 6.87. The molecule has 25 heavy (non-hydrogen) atoms. The van der Waals surface area contributed by atoms with Crippen molar-refractivity contribution in [3.05, 3.63) is 64.0 Å². The fourth-order valence-corrected chi connectivity index (χ4v) is 2.09. The van der Waals surface area contributed by atoms with E-state index >= 15 is 0 Å². The summed E-state index contributed by atoms with van der Waals surface area (Å²) in [4.78, 5) is 21.7. The molecule has 9 heteroatoms. The lowest BCUT2D eigenvalue weighted by molar-refractivity contribution is -0.402. The molecule has 0 unspecified atom stereocenters. The van der Waals surface area contributed by atoms with Gasteiger partial charge in [-0.05, 0) is 30.3 Å². The van der Waals surface area contributed by atoms with E-state index in [4.69, 9.17) is 13.7 Å². The topological polar surface area (TPSA) is 121 Å². The van der Waals surface area contributed by atoms with Crippen LogP contribution in [0.15, 0.2) is 51.4 Å². The van der Waals surface area contributed by atoms with Gasteiger partial charge in [-0.3, -0.25) is 14.9 Å². The van der Waals surface area contributed by atoms with E-state index in [9.17, 15) is 14.9 Å². The number of carbonyl (C=O) groups excluding carboxylic acids is 1. The Morgan fingerprint density at radius 1 is 1.28 bits per heavy atom. The molecule has 0 saturated carbocycles. The largest absolute Gasteiger partial charge is 0.497 e. The maximum absolute atomic E-state index is 11.9. The average molecular weight is 343 g/mol. The van der Waals surface area contributed by atoms with Gasteiger partial charge in [0.05, 0.1) is 19.7 Å². The van der Waals surface area contributed by atoms with Crippen LogP contribution in [0.2, 0.25) is 0 Å². The summed E-state index contributed by atoms with van der Waals surface area (Å²) in [7, 11) is 1.58. The zero-order chi connectivity index (χ0) is 17.8. The number of rotatable bonds is 6. The Labute approximate surface area is 141 Å². The number of amides is 1. The van der Waals surface area contributed by atoms with Crippen molar-refractivity contribution in [1.29, 1.82) is 0 Å². The molecule has 0 atom stereocenters. The van der Waals surface area contributed by atoms with Crippen LogP contribution >= 0.6 is 0 Å². The number of hydrogen-bond acceptors (Lipinski definition) is 7. The van der Waals surface area contributed by atoms with Crippen LogP contribution in [-0.4, -0.2) is 23.1 Å². The molecule has 0 radical (unpaired) electrons. The molecule has 0 saturated heterocycles. The lowest BCUT2D eigenvalue weighted by Crippen LogP contribution is -2.22. The fraction of sp³-hybridized carbons (Fsp3) is 0.125. The summed E-state index contributed by atoms with van der Waals surface area (Å²) in [6.45, 7) is 0.0903. The van der Waals surface area contributed by atoms with Crippen molar-refractivity contribution in [3.63, 3.8) is 0 Å². The lowest BCUT2D eigenvalue weighted by Gasteiger charge is -1.99. The van der Waals surface area contributed by atoms with Gasteiger partial charge in [-0.1, -0.05) is 5.16 Å². The normalized spacial score (nSPS) is 10.4. The van der Waals surface area contributed by atoms with Gasteiger partial charge in [0.2, 0.25) is 0 Å². The van der Waals surface area contributed by atoms with Gasteiger partial charge >= 0.3 is 5.88 Å². The highest BCUT2D eigenvalue weighted by atomic mass is 16.6. The number of ether oxygens (including phenoxy) is 1. The summed E-state index contributed by atoms with van der Waals surface area (Å²) in [6.07, 6.45) is 0. The summed E-state index contributed by atoms with van der Waals surface area (Å²) in [6, 6.07) is 11.3. The monoisotopic (exact) mass is 343 g/mol. The maximum atomic E-state index is 11.9. The van der Waals surface area contributed by atoms with E-state index in [-0.39, 0.29) is 12.3 Å². The van der Waals surface area contributed by atoms with Crippen LogP contribution in [0.5, 0.6) is 5.75 Å². The first-order valence-electron chi connectivity index (χ1n) is 7.19. The molecule has 128 valence electrons. The van der Waals surface area contributed by atoms with Crippen LogP contribution in [0.1, 0.15) is 16.2 Å². The summed E-state index contributed by atoms with van der Waals surface area (Å²) >= 11 is 0. The van der Waals surface area contributed by atoms with E-state index in [1.165, 1.54) is 6.07 Å². The van der Waals surface area contributed by atoms with Gasteiger partial charge in [-0.25, -0.2) is 0 Å². The van der Waals surface area contributed by atoms with Gasteiger partial charge < -0.3 is 19.0 Å². The van der Waals surface area contributed by atoms with E-state index < -0.39 is 16.7 Å². The Kier molecular flexibility index (Phi) is 4.46. The molecule has 0 bridgehead atoms. The Balaban J connectivity index is 1.62. The van der Waals surface area contributed by atoms with E-state index in [0.717, 1.165) is 17.4 Å². The van der Waals surface area contributed by atoms with Crippen molar-refractivity contribution in [3.8, 4) is 17.1 Å². The Morgan fingerprint density at radius 2 is 2.04 bits per heavy atom. The third-order valence-corrected chi connectivity index (χ3v) is 3.36. The second-order valence-electron chi connectivity index (χ2n) is 4.99. The highest BCUT2D eigenvalue weighted by molar-refractivity contribution is 5.91. The number of furan rings is 1. The van der Waals surface area contributed by atoms with Crippen LogP contribution in [-0.2, 0) is 6.54 Å². The first-order chi connectivity index (χ1) is 12.1. The summed E-state index contributed by atoms with van der Waals surface area (Å²) in [5, 5.41) is 17.0. The SMILES string of the molecule is COc1ccc(-c2cc(CNC(=O)c3ccc([N+](=O)[O-])o3)no2)cc1. The zero-order valence-electron chi connectivity index (χ0n) is 13.1. The highest BCUT2D eigenvalue weighted by Crippen LogP contribution is 2.23. The number of nitro groups is 1. The average Bonchev–Trinajstić information content (AvgIpc) is 3.29. The lowest BCUT2D eigenvalue weighted by atomic mass is 10.1. The minimum atomic E-state index is -0.713. The van der Waals surface area contributed by atoms with E-state index in [1.54, 1.807) is 25.3 Å². The smallest absolute Gasteiger partial charge is 0.433 e. The molecule has 0 fully saturated rings. The summed E-state index contributed by atoms with van der Waals surface area (Å²) in [5.41, 5.74) is 1.31. The molecule has 1 N–H and O–H groups in total. The number of benzene rings is 1. The summed E-state index contributed by atoms with van der Waals surface area (Å²) < 4.78 is 15.2. The third kappa shape index (κ3) is 3.66. The Morgan fingerprint density at radius 3 is 2.68 bits per heavy atom. The molecule has 9 nitrogen and oxygen atoms in total. The van der Waals surface area contributed by atoms with Gasteiger partial charge in [0.15, 0.2) is 11.5 Å². The fourth-order valence-electron chi connectivity index (χ4n) is 2.09. The van der Waals surface area contributed by atoms with Crippen molar-refractivity contribution in [1.82, 2.24) is 10.5 Å². The molecule has 3 rings (SSSR count). The van der Waals surface area contributed by atoms with E-state index in [2.05, 4.69) is 10.5 Å². The molecule has 3 aromatic rings. The molecular weight excluding hydrogens is 330 g/mol. The second-order valence-corrected chi connectivity index (χ2v) is 4.99. The molecule has 2 aromatic heterocycles. The van der Waals surface area contributed by atoms with Crippen molar-refractivity contribution in [2.75, 3.05) is 7.11 Å². The maximum Gasteiger partial charge on any atom is 0.433 e. The molecule has 0 aliphatic rings. The van der Waals surface area contributed by atoms with Crippen molar-refractivity contribution in [2.45, 2.75) is 6.54 Å². The molecule has 0 spiro atoms. The van der Waals surface area contributed by atoms with Gasteiger partial charge in [-0.2, -0.15) is 0 Å². The van der Waals surface area contributed by atoms with Crippen LogP contribution in [0.4, 0.5) is 5.88 Å². The molecular formula is C16H13N3O6. The minimum Gasteiger partial charge on any atom is -0.497 e. The van der Waals surface area contributed by atoms with E-state index in [0.29, 0.717) is 11.5 Å². The Bertz CT molecular complexity index is 897. The minimum absolute atomic E-state index is 0.0903. The number of nitrogens with one attached hydrogen (secondary N) is 1. The first-order valence-corrected chi connectivity index (χ1v) is 7.19. The predicted molar refractivity (Wildman–Crippen MR) is 85.0 cm³/mol. The number of carbonyl (C=O) groups is 1. The summed E-state index contributed by atoms with van der Waals surface area (Å²) in [5.74, 6) is 0.0462. The van der Waals surface area contributed by atoms with Crippen LogP contribution in [0.25, 0.3) is 11.3 Å². The molecule has 0 aliphatic carbocycles. The van der Waals surface area contributed by atoms with Crippen molar-refractivity contribution < 1.29 is 23.4 Å². The van der Waals surface area contributed by atoms with Crippen molar-refractivity contribution in [2.24, 2.45) is 0 Å². The molecule has 0 aliphatic heterocycles. The van der Waals surface area contributed by atoms with Crippen LogP contribution < -0.4 is 10.1 Å². The predicted octanol–water partition coefficient (Wildman–Crippen LogP) is 2.78. The molecule has 1 aromatic carbocycles. The standard InChI is InChI=1S/C16H13N3O6/c1-23-12-4-2-10(3-5-12)14-8-11(18-25-14)9-17-16(20)13-6-7-15(24-13)19(21)22/h2-8H,9H2,1H3,(H,17,20). The number of hydrogen-bond donors (Lipinski definition) is 1. The molecule has 2 heterocycles. The quantitative estimate of drug-likeness (QED) is 0.539. The van der Waals surface area contributed by atoms with Gasteiger partial charge in [0.25, 0.3) is 5.91 Å². The third-order valence-electron chi connectivity index (χ3n) is 3.36. The van der Waals surface area contributed by atoms with E-state index in [1.807, 2.05) is 12.1 Å². The molecule has 1 amide bonds. The van der Waals surface area contributed by atoms with Crippen LogP contribution in [0.3, 0.4) is 0 Å². The van der Waals surface area contributed by atoms with Crippen molar-refractivity contribution >= 4 is 11.8 Å². The zero-order valence-corrected chi connectivity index (χ0v) is 13.1. The van der Waals surface area contributed by atoms with Crippen LogP contribution in [0, 0.1) is 10.1 Å². The number of nitrogens with zero attached hydrogens (tertiary/aromatic N) is 2. The number of aromatic nitrogens is 1. The van der Waals surface area contributed by atoms with Gasteiger partial charge in [-0.15, -0.1) is 0 Å². The van der Waals surface area contributed by atoms with Gasteiger partial charge in [0.1, 0.15) is 16.4 Å². The highest BCUT2D eigenvalue weighted by Gasteiger charge is 2.17. The number of methoxy groups -OCH3 is 1.